The summed E-state index contributed by atoms with van der Waals surface area (Å²) in [5.74, 6) is 2.25. The van der Waals surface area contributed by atoms with Gasteiger partial charge in [-0.3, -0.25) is 0 Å². The van der Waals surface area contributed by atoms with Crippen LogP contribution in [0.3, 0.4) is 0 Å². The lowest BCUT2D eigenvalue weighted by molar-refractivity contribution is 0.172. The molecule has 7 nitrogen and oxygen atoms in total. The first kappa shape index (κ1) is 28.1. The molecule has 0 aliphatic carbocycles. The summed E-state index contributed by atoms with van der Waals surface area (Å²) in [6.45, 7) is 9.91. The molecule has 0 amide bonds. The van der Waals surface area contributed by atoms with Crippen LogP contribution >= 0.6 is 0 Å². The Bertz CT molecular complexity index is 1340. The summed E-state index contributed by atoms with van der Waals surface area (Å²) in [6, 6.07) is 10.9. The van der Waals surface area contributed by atoms with E-state index in [1.807, 2.05) is 23.0 Å². The highest BCUT2D eigenvalue weighted by molar-refractivity contribution is 5.68. The van der Waals surface area contributed by atoms with Gasteiger partial charge in [0.15, 0.2) is 11.5 Å². The fourth-order valence-corrected chi connectivity index (χ4v) is 4.55. The summed E-state index contributed by atoms with van der Waals surface area (Å²) in [7, 11) is 3.72. The van der Waals surface area contributed by atoms with Crippen LogP contribution in [0.25, 0.3) is 5.82 Å². The third-order valence-corrected chi connectivity index (χ3v) is 6.96. The van der Waals surface area contributed by atoms with Crippen molar-refractivity contribution < 1.29 is 18.6 Å². The molecule has 1 aromatic heterocycles. The number of aryl methyl sites for hydroxylation is 1. The van der Waals surface area contributed by atoms with E-state index in [1.165, 1.54) is 17.7 Å². The van der Waals surface area contributed by atoms with Crippen molar-refractivity contribution in [1.82, 2.24) is 14.7 Å². The minimum absolute atomic E-state index is 0.386. The lowest BCUT2D eigenvalue weighted by Crippen LogP contribution is -2.23. The molecule has 0 saturated carbocycles. The van der Waals surface area contributed by atoms with Crippen molar-refractivity contribution >= 4 is 11.5 Å². The second-order valence-corrected chi connectivity index (χ2v) is 9.77. The quantitative estimate of drug-likeness (QED) is 0.273. The molecule has 1 aliphatic heterocycles. The fourth-order valence-electron chi connectivity index (χ4n) is 4.55. The molecule has 0 fully saturated rings. The van der Waals surface area contributed by atoms with E-state index < -0.39 is 0 Å². The Balaban J connectivity index is 1.77. The fraction of sp³-hybridized carbons (Fsp3) is 0.387. The van der Waals surface area contributed by atoms with Crippen molar-refractivity contribution in [2.75, 3.05) is 32.7 Å². The van der Waals surface area contributed by atoms with Crippen LogP contribution in [0.1, 0.15) is 50.4 Å². The van der Waals surface area contributed by atoms with E-state index in [4.69, 9.17) is 19.3 Å². The van der Waals surface area contributed by atoms with Crippen LogP contribution in [-0.4, -0.2) is 42.1 Å². The number of rotatable bonds is 11. The predicted octanol–water partition coefficient (Wildman–Crippen LogP) is 6.79. The number of aromatic nitrogens is 2. The van der Waals surface area contributed by atoms with Crippen LogP contribution in [0.5, 0.6) is 17.2 Å². The summed E-state index contributed by atoms with van der Waals surface area (Å²) in [4.78, 5) is 2.17. The van der Waals surface area contributed by atoms with Crippen molar-refractivity contribution in [3.8, 4) is 17.2 Å². The van der Waals surface area contributed by atoms with Gasteiger partial charge < -0.3 is 24.4 Å². The van der Waals surface area contributed by atoms with Gasteiger partial charge in [-0.2, -0.15) is 5.10 Å². The molecular formula is C31H39FN4O3. The number of allylic oxidation sites excluding steroid dienone is 2. The van der Waals surface area contributed by atoms with Gasteiger partial charge in [-0.25, -0.2) is 9.07 Å². The zero-order valence-corrected chi connectivity index (χ0v) is 23.8. The van der Waals surface area contributed by atoms with Gasteiger partial charge in [0.05, 0.1) is 19.0 Å². The third-order valence-electron chi connectivity index (χ3n) is 6.96. The topological polar surface area (TPSA) is 60.8 Å². The van der Waals surface area contributed by atoms with Gasteiger partial charge >= 0.3 is 0 Å². The Kier molecular flexibility index (Phi) is 9.17. The van der Waals surface area contributed by atoms with Crippen LogP contribution < -0.4 is 19.5 Å². The molecule has 0 unspecified atom stereocenters. The average molecular weight is 535 g/mol. The molecule has 8 heteroatoms. The third kappa shape index (κ3) is 6.56. The van der Waals surface area contributed by atoms with Crippen LogP contribution in [0, 0.1) is 12.7 Å². The van der Waals surface area contributed by atoms with Gasteiger partial charge in [0, 0.05) is 43.2 Å². The van der Waals surface area contributed by atoms with Gasteiger partial charge in [0.2, 0.25) is 0 Å². The van der Waals surface area contributed by atoms with E-state index in [-0.39, 0.29) is 5.82 Å². The second kappa shape index (κ2) is 12.7. The highest BCUT2D eigenvalue weighted by Gasteiger charge is 2.20. The Morgan fingerprint density at radius 3 is 2.62 bits per heavy atom. The Morgan fingerprint density at radius 2 is 1.92 bits per heavy atom. The first-order chi connectivity index (χ1) is 18.8. The molecule has 4 rings (SSSR count). The molecule has 1 aliphatic rings. The van der Waals surface area contributed by atoms with E-state index >= 15 is 0 Å². The zero-order valence-electron chi connectivity index (χ0n) is 23.8. The van der Waals surface area contributed by atoms with Gasteiger partial charge in [-0.05, 0) is 55.5 Å². The molecule has 208 valence electrons. The molecular weight excluding hydrogens is 495 g/mol. The minimum Gasteiger partial charge on any atom is -0.497 e. The number of anilines is 1. The number of methoxy groups -OCH3 is 1. The van der Waals surface area contributed by atoms with Gasteiger partial charge in [0.25, 0.3) is 0 Å². The van der Waals surface area contributed by atoms with Crippen molar-refractivity contribution in [2.45, 2.75) is 53.5 Å². The first-order valence-corrected chi connectivity index (χ1v) is 13.5. The second-order valence-electron chi connectivity index (χ2n) is 9.77. The number of fused-ring (bicyclic) bond motifs is 1. The number of nitrogens with one attached hydrogen (secondary N) is 1. The summed E-state index contributed by atoms with van der Waals surface area (Å²) in [6.07, 6.45) is 6.84. The molecule has 0 atom stereocenters. The predicted molar refractivity (Wildman–Crippen MR) is 154 cm³/mol. The average Bonchev–Trinajstić information content (AvgIpc) is 3.30. The maximum absolute atomic E-state index is 14.5. The smallest absolute Gasteiger partial charge is 0.185 e. The zero-order chi connectivity index (χ0) is 27.9. The van der Waals surface area contributed by atoms with Gasteiger partial charge in [0.1, 0.15) is 30.6 Å². The van der Waals surface area contributed by atoms with Crippen molar-refractivity contribution in [1.29, 1.82) is 0 Å². The molecule has 0 spiro atoms. The maximum Gasteiger partial charge on any atom is 0.185 e. The molecule has 2 heterocycles. The highest BCUT2D eigenvalue weighted by Crippen LogP contribution is 2.39. The highest BCUT2D eigenvalue weighted by atomic mass is 19.1. The molecule has 1 N–H and O–H groups in total. The minimum atomic E-state index is -0.386. The van der Waals surface area contributed by atoms with E-state index in [0.717, 1.165) is 53.4 Å². The van der Waals surface area contributed by atoms with Crippen LogP contribution in [0.15, 0.2) is 59.9 Å². The molecule has 3 aromatic rings. The number of benzene rings is 2. The maximum atomic E-state index is 14.5. The monoisotopic (exact) mass is 534 g/mol. The molecule has 39 heavy (non-hydrogen) atoms. The Labute approximate surface area is 230 Å². The lowest BCUT2D eigenvalue weighted by Gasteiger charge is -2.26. The van der Waals surface area contributed by atoms with Crippen LogP contribution in [-0.2, 0) is 13.0 Å². The van der Waals surface area contributed by atoms with Crippen molar-refractivity contribution in [3.63, 3.8) is 0 Å². The van der Waals surface area contributed by atoms with Gasteiger partial charge in [-0.15, -0.1) is 0 Å². The number of hydrogen-bond acceptors (Lipinski definition) is 6. The molecule has 0 radical (unpaired) electrons. The van der Waals surface area contributed by atoms with Gasteiger partial charge in [-0.1, -0.05) is 32.4 Å². The summed E-state index contributed by atoms with van der Waals surface area (Å²) >= 11 is 0. The SMILES string of the molecule is CCCc1cnn(/C(=C\C(Nc2cc(F)cc3c2OCCO3)=C(\C)CC)N(C)Cc2ccc(OC)cc2)c1C. The van der Waals surface area contributed by atoms with E-state index in [0.29, 0.717) is 36.9 Å². The van der Waals surface area contributed by atoms with E-state index in [1.54, 1.807) is 7.11 Å². The summed E-state index contributed by atoms with van der Waals surface area (Å²) in [5, 5.41) is 8.24. The number of halogens is 1. The Hall–Kier alpha value is -3.94. The molecule has 2 aromatic carbocycles. The Morgan fingerprint density at radius 1 is 1.18 bits per heavy atom. The largest absolute Gasteiger partial charge is 0.497 e. The normalized spacial score (nSPS) is 13.7. The lowest BCUT2D eigenvalue weighted by atomic mass is 10.1. The summed E-state index contributed by atoms with van der Waals surface area (Å²) < 4.78 is 33.4. The van der Waals surface area contributed by atoms with E-state index in [9.17, 15) is 4.39 Å². The van der Waals surface area contributed by atoms with E-state index in [2.05, 4.69) is 63.2 Å². The summed E-state index contributed by atoms with van der Waals surface area (Å²) in [5.41, 5.74) is 5.94. The standard InChI is InChI=1S/C31H39FN4O3/c1-7-9-24-19-33-36(22(24)4)30(35(5)20-23-10-12-26(37-6)13-11-23)18-27(21(3)8-2)34-28-16-25(32)17-29-31(28)39-15-14-38-29/h10-13,16-19,34H,7-9,14-15,20H2,1-6H3/b27-21+,30-18-. The molecule has 0 saturated heterocycles. The van der Waals surface area contributed by atoms with Crippen LogP contribution in [0.2, 0.25) is 0 Å². The van der Waals surface area contributed by atoms with Crippen molar-refractivity contribution in [3.05, 3.63) is 82.6 Å². The van der Waals surface area contributed by atoms with Crippen molar-refractivity contribution in [2.24, 2.45) is 0 Å². The first-order valence-electron chi connectivity index (χ1n) is 13.5. The number of hydrogen-bond donors (Lipinski definition) is 1. The van der Waals surface area contributed by atoms with Crippen LogP contribution in [0.4, 0.5) is 10.1 Å². The number of nitrogens with zero attached hydrogens (tertiary/aromatic N) is 3. The number of ether oxygens (including phenoxy) is 3. The molecule has 0 bridgehead atoms.